The Morgan fingerprint density at radius 1 is 1.28 bits per heavy atom. The molecule has 1 aliphatic rings. The summed E-state index contributed by atoms with van der Waals surface area (Å²) in [7, 11) is 0. The third-order valence-corrected chi connectivity index (χ3v) is 5.28. The second-order valence-corrected chi connectivity index (χ2v) is 6.87. The first-order valence-electron chi connectivity index (χ1n) is 8.68. The SMILES string of the molecule is CC1CCCc2c1n(Cc1ccccc1F)c1ccc(C(=O)O)cc21. The second-order valence-electron chi connectivity index (χ2n) is 6.87. The summed E-state index contributed by atoms with van der Waals surface area (Å²) < 4.78 is 16.4. The quantitative estimate of drug-likeness (QED) is 0.733. The van der Waals surface area contributed by atoms with Crippen LogP contribution >= 0.6 is 0 Å². The molecule has 1 aliphatic carbocycles. The lowest BCUT2D eigenvalue weighted by Crippen LogP contribution is -2.13. The molecule has 128 valence electrons. The number of aromatic nitrogens is 1. The van der Waals surface area contributed by atoms with Crippen molar-refractivity contribution in [2.75, 3.05) is 0 Å². The molecule has 4 heteroatoms. The lowest BCUT2D eigenvalue weighted by atomic mass is 9.87. The van der Waals surface area contributed by atoms with Crippen LogP contribution in [0.4, 0.5) is 4.39 Å². The Balaban J connectivity index is 1.95. The van der Waals surface area contributed by atoms with E-state index >= 15 is 0 Å². The van der Waals surface area contributed by atoms with Crippen molar-refractivity contribution in [1.82, 2.24) is 4.57 Å². The summed E-state index contributed by atoms with van der Waals surface area (Å²) in [6, 6.07) is 12.1. The largest absolute Gasteiger partial charge is 0.478 e. The van der Waals surface area contributed by atoms with Crippen molar-refractivity contribution in [3.63, 3.8) is 0 Å². The third kappa shape index (κ3) is 2.62. The normalized spacial score (nSPS) is 16.8. The molecule has 0 fully saturated rings. The molecule has 0 amide bonds. The van der Waals surface area contributed by atoms with Gasteiger partial charge in [0.2, 0.25) is 0 Å². The molecule has 1 unspecified atom stereocenters. The first-order valence-corrected chi connectivity index (χ1v) is 8.68. The van der Waals surface area contributed by atoms with Crippen LogP contribution in [0.2, 0.25) is 0 Å². The van der Waals surface area contributed by atoms with Gasteiger partial charge in [-0.05, 0) is 55.0 Å². The van der Waals surface area contributed by atoms with E-state index in [0.717, 1.165) is 30.2 Å². The number of hydrogen-bond donors (Lipinski definition) is 1. The molecule has 0 saturated carbocycles. The van der Waals surface area contributed by atoms with Gasteiger partial charge in [0.25, 0.3) is 0 Å². The van der Waals surface area contributed by atoms with E-state index in [1.165, 1.54) is 17.3 Å². The molecular weight excluding hydrogens is 317 g/mol. The maximum absolute atomic E-state index is 14.2. The van der Waals surface area contributed by atoms with Crippen LogP contribution < -0.4 is 0 Å². The van der Waals surface area contributed by atoms with Crippen LogP contribution in [0.1, 0.15) is 52.9 Å². The molecule has 0 radical (unpaired) electrons. The second kappa shape index (κ2) is 6.03. The van der Waals surface area contributed by atoms with Crippen molar-refractivity contribution < 1.29 is 14.3 Å². The first kappa shape index (κ1) is 15.9. The summed E-state index contributed by atoms with van der Waals surface area (Å²) in [6.07, 6.45) is 3.15. The molecular formula is C21H20FNO2. The number of rotatable bonds is 3. The van der Waals surface area contributed by atoms with Crippen molar-refractivity contribution in [2.45, 2.75) is 38.6 Å². The molecule has 1 aromatic heterocycles. The number of nitrogens with zero attached hydrogens (tertiary/aromatic N) is 1. The van der Waals surface area contributed by atoms with Crippen LogP contribution in [-0.4, -0.2) is 15.6 Å². The van der Waals surface area contributed by atoms with Gasteiger partial charge in [-0.2, -0.15) is 0 Å². The maximum Gasteiger partial charge on any atom is 0.335 e. The number of aromatic carboxylic acids is 1. The Kier molecular flexibility index (Phi) is 3.83. The minimum atomic E-state index is -0.915. The molecule has 1 N–H and O–H groups in total. The monoisotopic (exact) mass is 337 g/mol. The summed E-state index contributed by atoms with van der Waals surface area (Å²) >= 11 is 0. The topological polar surface area (TPSA) is 42.2 Å². The fourth-order valence-corrected chi connectivity index (χ4v) is 4.09. The fourth-order valence-electron chi connectivity index (χ4n) is 4.09. The van der Waals surface area contributed by atoms with E-state index < -0.39 is 5.97 Å². The van der Waals surface area contributed by atoms with Crippen molar-refractivity contribution >= 4 is 16.9 Å². The highest BCUT2D eigenvalue weighted by molar-refractivity contribution is 5.95. The average Bonchev–Trinajstić information content (AvgIpc) is 2.91. The number of carboxylic acid groups (broad SMARTS) is 1. The van der Waals surface area contributed by atoms with Crippen LogP contribution in [0, 0.1) is 5.82 Å². The smallest absolute Gasteiger partial charge is 0.335 e. The summed E-state index contributed by atoms with van der Waals surface area (Å²) in [5.74, 6) is -0.735. The van der Waals surface area contributed by atoms with Crippen LogP contribution in [0.5, 0.6) is 0 Å². The van der Waals surface area contributed by atoms with Crippen molar-refractivity contribution in [1.29, 1.82) is 0 Å². The molecule has 1 atom stereocenters. The third-order valence-electron chi connectivity index (χ3n) is 5.28. The van der Waals surface area contributed by atoms with Crippen LogP contribution in [0.3, 0.4) is 0 Å². The lowest BCUT2D eigenvalue weighted by molar-refractivity contribution is 0.0697. The van der Waals surface area contributed by atoms with E-state index in [1.807, 2.05) is 18.2 Å². The number of halogens is 1. The van der Waals surface area contributed by atoms with E-state index in [2.05, 4.69) is 11.5 Å². The van der Waals surface area contributed by atoms with E-state index in [-0.39, 0.29) is 5.82 Å². The van der Waals surface area contributed by atoms with Crippen molar-refractivity contribution in [3.8, 4) is 0 Å². The van der Waals surface area contributed by atoms with Gasteiger partial charge in [-0.1, -0.05) is 25.1 Å². The summed E-state index contributed by atoms with van der Waals surface area (Å²) in [5.41, 5.74) is 4.41. The maximum atomic E-state index is 14.2. The highest BCUT2D eigenvalue weighted by Crippen LogP contribution is 2.39. The van der Waals surface area contributed by atoms with Gasteiger partial charge in [0, 0.05) is 22.2 Å². The van der Waals surface area contributed by atoms with Gasteiger partial charge in [0.05, 0.1) is 12.1 Å². The molecule has 0 spiro atoms. The highest BCUT2D eigenvalue weighted by atomic mass is 19.1. The van der Waals surface area contributed by atoms with Crippen molar-refractivity contribution in [2.24, 2.45) is 0 Å². The van der Waals surface area contributed by atoms with E-state index in [0.29, 0.717) is 23.6 Å². The predicted octanol–water partition coefficient (Wildman–Crippen LogP) is 4.97. The number of carboxylic acids is 1. The van der Waals surface area contributed by atoms with Crippen LogP contribution in [0.15, 0.2) is 42.5 Å². The Bertz CT molecular complexity index is 973. The van der Waals surface area contributed by atoms with E-state index in [9.17, 15) is 14.3 Å². The minimum absolute atomic E-state index is 0.205. The van der Waals surface area contributed by atoms with Crippen molar-refractivity contribution in [3.05, 3.63) is 70.7 Å². The molecule has 2 aromatic carbocycles. The van der Waals surface area contributed by atoms with Gasteiger partial charge >= 0.3 is 5.97 Å². The number of fused-ring (bicyclic) bond motifs is 3. The zero-order chi connectivity index (χ0) is 17.6. The highest BCUT2D eigenvalue weighted by Gasteiger charge is 2.26. The minimum Gasteiger partial charge on any atom is -0.478 e. The van der Waals surface area contributed by atoms with E-state index in [4.69, 9.17) is 0 Å². The summed E-state index contributed by atoms with van der Waals surface area (Å²) in [4.78, 5) is 11.4. The van der Waals surface area contributed by atoms with Gasteiger partial charge < -0.3 is 9.67 Å². The summed E-state index contributed by atoms with van der Waals surface area (Å²) in [6.45, 7) is 2.67. The van der Waals surface area contributed by atoms with E-state index in [1.54, 1.807) is 18.2 Å². The first-order chi connectivity index (χ1) is 12.1. The Morgan fingerprint density at radius 2 is 2.08 bits per heavy atom. The lowest BCUT2D eigenvalue weighted by Gasteiger charge is -2.22. The zero-order valence-electron chi connectivity index (χ0n) is 14.1. The fraction of sp³-hybridized carbons (Fsp3) is 0.286. The number of aryl methyl sites for hydroxylation is 1. The Morgan fingerprint density at radius 3 is 2.84 bits per heavy atom. The molecule has 25 heavy (non-hydrogen) atoms. The number of hydrogen-bond acceptors (Lipinski definition) is 1. The molecule has 0 aliphatic heterocycles. The molecule has 0 bridgehead atoms. The van der Waals surface area contributed by atoms with Gasteiger partial charge in [-0.15, -0.1) is 0 Å². The Hall–Kier alpha value is -2.62. The van der Waals surface area contributed by atoms with Gasteiger partial charge in [0.1, 0.15) is 5.82 Å². The molecule has 1 heterocycles. The molecule has 4 rings (SSSR count). The predicted molar refractivity (Wildman–Crippen MR) is 95.8 cm³/mol. The summed E-state index contributed by atoms with van der Waals surface area (Å²) in [5, 5.41) is 10.3. The number of benzene rings is 2. The zero-order valence-corrected chi connectivity index (χ0v) is 14.1. The molecule has 3 aromatic rings. The Labute approximate surface area is 145 Å². The van der Waals surface area contributed by atoms with Gasteiger partial charge in [0.15, 0.2) is 0 Å². The number of carbonyl (C=O) groups is 1. The molecule has 3 nitrogen and oxygen atoms in total. The van der Waals surface area contributed by atoms with Crippen LogP contribution in [-0.2, 0) is 13.0 Å². The standard InChI is InChI=1S/C21H20FNO2/c1-13-5-4-7-16-17-11-14(21(24)25)9-10-19(17)23(20(13)16)12-15-6-2-3-8-18(15)22/h2-3,6,8-11,13H,4-5,7,12H2,1H3,(H,24,25). The molecule has 0 saturated heterocycles. The van der Waals surface area contributed by atoms with Gasteiger partial charge in [-0.3, -0.25) is 0 Å². The average molecular weight is 337 g/mol. The van der Waals surface area contributed by atoms with Gasteiger partial charge in [-0.25, -0.2) is 9.18 Å². The van der Waals surface area contributed by atoms with Crippen LogP contribution in [0.25, 0.3) is 10.9 Å².